The third kappa shape index (κ3) is 2.45. The molecule has 4 nitrogen and oxygen atoms in total. The molecule has 0 aliphatic heterocycles. The average molecular weight is 274 g/mol. The highest BCUT2D eigenvalue weighted by molar-refractivity contribution is 5.94. The van der Waals surface area contributed by atoms with Gasteiger partial charge in [0.15, 0.2) is 0 Å². The normalized spacial score (nSPS) is 27.8. The minimum absolute atomic E-state index is 0.00456. The Hall–Kier alpha value is -1.39. The van der Waals surface area contributed by atoms with E-state index in [2.05, 4.69) is 11.4 Å². The summed E-state index contributed by atoms with van der Waals surface area (Å²) < 4.78 is 5.58. The van der Waals surface area contributed by atoms with E-state index in [-0.39, 0.29) is 24.1 Å². The number of fused-ring (bicyclic) bond motifs is 1. The molecule has 2 aliphatic rings. The van der Waals surface area contributed by atoms with Crippen molar-refractivity contribution >= 4 is 5.91 Å². The van der Waals surface area contributed by atoms with Gasteiger partial charge in [0.2, 0.25) is 0 Å². The molecule has 4 heteroatoms. The molecule has 0 aromatic heterocycles. The van der Waals surface area contributed by atoms with Gasteiger partial charge in [-0.2, -0.15) is 0 Å². The van der Waals surface area contributed by atoms with Gasteiger partial charge in [-0.05, 0) is 55.9 Å². The monoisotopic (exact) mass is 274 g/mol. The lowest BCUT2D eigenvalue weighted by molar-refractivity contribution is -0.0300. The quantitative estimate of drug-likeness (QED) is 0.872. The number of nitrogens with one attached hydrogen (secondary N) is 1. The van der Waals surface area contributed by atoms with Gasteiger partial charge in [-0.15, -0.1) is 0 Å². The van der Waals surface area contributed by atoms with E-state index >= 15 is 0 Å². The first kappa shape index (κ1) is 13.6. The molecule has 1 amide bonds. The molecule has 1 aromatic carbocycles. The lowest BCUT2D eigenvalue weighted by atomic mass is 9.83. The van der Waals surface area contributed by atoms with Crippen LogP contribution in [-0.4, -0.2) is 30.7 Å². The van der Waals surface area contributed by atoms with Crippen LogP contribution in [-0.2, 0) is 17.6 Å². The van der Waals surface area contributed by atoms with Crippen molar-refractivity contribution < 1.29 is 9.53 Å². The number of hydrogen-bond acceptors (Lipinski definition) is 3. The summed E-state index contributed by atoms with van der Waals surface area (Å²) in [5.41, 5.74) is 9.40. The van der Waals surface area contributed by atoms with Gasteiger partial charge >= 0.3 is 0 Å². The van der Waals surface area contributed by atoms with Gasteiger partial charge in [-0.25, -0.2) is 0 Å². The van der Waals surface area contributed by atoms with Gasteiger partial charge < -0.3 is 15.8 Å². The molecular formula is C16H22N2O2. The van der Waals surface area contributed by atoms with E-state index in [9.17, 15) is 4.79 Å². The van der Waals surface area contributed by atoms with Crippen LogP contribution in [0.25, 0.3) is 0 Å². The predicted molar refractivity (Wildman–Crippen MR) is 77.7 cm³/mol. The van der Waals surface area contributed by atoms with Crippen molar-refractivity contribution in [1.82, 2.24) is 5.32 Å². The molecule has 1 aromatic rings. The summed E-state index contributed by atoms with van der Waals surface area (Å²) in [6.07, 6.45) is 4.30. The van der Waals surface area contributed by atoms with Gasteiger partial charge in [-0.3, -0.25) is 4.79 Å². The molecule has 1 saturated carbocycles. The van der Waals surface area contributed by atoms with Crippen LogP contribution in [0.15, 0.2) is 18.2 Å². The zero-order chi connectivity index (χ0) is 14.1. The highest BCUT2D eigenvalue weighted by atomic mass is 16.5. The molecule has 0 heterocycles. The van der Waals surface area contributed by atoms with Crippen LogP contribution in [0.3, 0.4) is 0 Å². The molecule has 3 atom stereocenters. The van der Waals surface area contributed by atoms with Gasteiger partial charge in [0.1, 0.15) is 0 Å². The molecule has 3 N–H and O–H groups in total. The number of benzene rings is 1. The molecule has 2 aliphatic carbocycles. The van der Waals surface area contributed by atoms with Crippen molar-refractivity contribution in [2.75, 3.05) is 6.61 Å². The van der Waals surface area contributed by atoms with Crippen LogP contribution in [0.1, 0.15) is 41.3 Å². The van der Waals surface area contributed by atoms with Gasteiger partial charge in [0.25, 0.3) is 5.91 Å². The van der Waals surface area contributed by atoms with Crippen LogP contribution >= 0.6 is 0 Å². The maximum atomic E-state index is 12.3. The Morgan fingerprint density at radius 2 is 2.20 bits per heavy atom. The van der Waals surface area contributed by atoms with Crippen LogP contribution < -0.4 is 11.1 Å². The average Bonchev–Trinajstić information content (AvgIpc) is 2.91. The number of amides is 1. The topological polar surface area (TPSA) is 64.3 Å². The second-order valence-electron chi connectivity index (χ2n) is 5.73. The molecule has 3 unspecified atom stereocenters. The molecule has 108 valence electrons. The molecule has 1 fully saturated rings. The number of carbonyl (C=O) groups is 1. The summed E-state index contributed by atoms with van der Waals surface area (Å²) in [5.74, 6) is -0.0375. The molecule has 0 radical (unpaired) electrons. The summed E-state index contributed by atoms with van der Waals surface area (Å²) in [5, 5.41) is 3.02. The Bertz CT molecular complexity index is 513. The minimum atomic E-state index is -0.0595. The van der Waals surface area contributed by atoms with Crippen molar-refractivity contribution in [1.29, 1.82) is 0 Å². The van der Waals surface area contributed by atoms with Crippen LogP contribution in [0, 0.1) is 0 Å². The van der Waals surface area contributed by atoms with E-state index in [0.717, 1.165) is 24.8 Å². The largest absolute Gasteiger partial charge is 0.376 e. The third-order valence-corrected chi connectivity index (χ3v) is 4.41. The fourth-order valence-corrected chi connectivity index (χ4v) is 3.17. The maximum absolute atomic E-state index is 12.3. The number of rotatable bonds is 4. The molecular weight excluding hydrogens is 252 g/mol. The van der Waals surface area contributed by atoms with Crippen molar-refractivity contribution in [2.45, 2.75) is 50.8 Å². The summed E-state index contributed by atoms with van der Waals surface area (Å²) in [4.78, 5) is 12.3. The minimum Gasteiger partial charge on any atom is -0.376 e. The van der Waals surface area contributed by atoms with E-state index in [4.69, 9.17) is 10.5 Å². The summed E-state index contributed by atoms with van der Waals surface area (Å²) in [6, 6.07) is 5.97. The van der Waals surface area contributed by atoms with Gasteiger partial charge in [0.05, 0.1) is 12.1 Å². The van der Waals surface area contributed by atoms with Crippen molar-refractivity contribution in [3.63, 3.8) is 0 Å². The Morgan fingerprint density at radius 1 is 1.40 bits per heavy atom. The second-order valence-corrected chi connectivity index (χ2v) is 5.73. The Morgan fingerprint density at radius 3 is 2.95 bits per heavy atom. The Balaban J connectivity index is 1.67. The van der Waals surface area contributed by atoms with Crippen molar-refractivity contribution in [3.05, 3.63) is 34.9 Å². The Kier molecular flexibility index (Phi) is 3.76. The summed E-state index contributed by atoms with van der Waals surface area (Å²) in [7, 11) is 0. The highest BCUT2D eigenvalue weighted by Gasteiger charge is 2.40. The Labute approximate surface area is 119 Å². The van der Waals surface area contributed by atoms with Crippen molar-refractivity contribution in [2.24, 2.45) is 5.73 Å². The number of ether oxygens (including phenoxy) is 1. The third-order valence-electron chi connectivity index (χ3n) is 4.41. The SMILES string of the molecule is CCOC1CC(N)C1NC(=O)c1ccc2c(c1)CCC2. The first-order valence-electron chi connectivity index (χ1n) is 7.49. The highest BCUT2D eigenvalue weighted by Crippen LogP contribution is 2.25. The van der Waals surface area contributed by atoms with E-state index < -0.39 is 0 Å². The maximum Gasteiger partial charge on any atom is 0.251 e. The molecule has 0 bridgehead atoms. The summed E-state index contributed by atoms with van der Waals surface area (Å²) in [6.45, 7) is 2.62. The second kappa shape index (κ2) is 5.54. The van der Waals surface area contributed by atoms with E-state index in [1.807, 2.05) is 19.1 Å². The summed E-state index contributed by atoms with van der Waals surface area (Å²) >= 11 is 0. The molecule has 3 rings (SSSR count). The number of carbonyl (C=O) groups excluding carboxylic acids is 1. The van der Waals surface area contributed by atoms with E-state index in [1.165, 1.54) is 17.5 Å². The van der Waals surface area contributed by atoms with Gasteiger partial charge in [-0.1, -0.05) is 6.07 Å². The van der Waals surface area contributed by atoms with Crippen molar-refractivity contribution in [3.8, 4) is 0 Å². The first-order valence-corrected chi connectivity index (χ1v) is 7.49. The zero-order valence-electron chi connectivity index (χ0n) is 11.9. The van der Waals surface area contributed by atoms with E-state index in [0.29, 0.717) is 6.61 Å². The van der Waals surface area contributed by atoms with E-state index in [1.54, 1.807) is 0 Å². The van der Waals surface area contributed by atoms with Crippen LogP contribution in [0.5, 0.6) is 0 Å². The number of aryl methyl sites for hydroxylation is 2. The lowest BCUT2D eigenvalue weighted by Gasteiger charge is -2.42. The molecule has 20 heavy (non-hydrogen) atoms. The van der Waals surface area contributed by atoms with Crippen LogP contribution in [0.4, 0.5) is 0 Å². The zero-order valence-corrected chi connectivity index (χ0v) is 11.9. The van der Waals surface area contributed by atoms with Gasteiger partial charge in [0, 0.05) is 18.2 Å². The molecule has 0 spiro atoms. The smallest absolute Gasteiger partial charge is 0.251 e. The fourth-order valence-electron chi connectivity index (χ4n) is 3.17. The number of hydrogen-bond donors (Lipinski definition) is 2. The first-order chi connectivity index (χ1) is 9.69. The predicted octanol–water partition coefficient (Wildman–Crippen LogP) is 1.41. The van der Waals surface area contributed by atoms with Crippen LogP contribution in [0.2, 0.25) is 0 Å². The number of nitrogens with two attached hydrogens (primary N) is 1. The standard InChI is InChI=1S/C16H22N2O2/c1-2-20-14-9-13(17)15(14)18-16(19)12-7-6-10-4-3-5-11(10)8-12/h6-8,13-15H,2-5,9,17H2,1H3,(H,18,19). The lowest BCUT2D eigenvalue weighted by Crippen LogP contribution is -2.64. The molecule has 0 saturated heterocycles. The fraction of sp³-hybridized carbons (Fsp3) is 0.562.